The van der Waals surface area contributed by atoms with Crippen molar-refractivity contribution in [3.05, 3.63) is 78.7 Å². The first kappa shape index (κ1) is 28.9. The number of hydrogen-bond acceptors (Lipinski definition) is 8. The second-order valence-corrected chi connectivity index (χ2v) is 12.1. The summed E-state index contributed by atoms with van der Waals surface area (Å²) in [7, 11) is 3.64. The van der Waals surface area contributed by atoms with Gasteiger partial charge in [0.15, 0.2) is 0 Å². The Morgan fingerprint density at radius 3 is 2.82 bits per heavy atom. The van der Waals surface area contributed by atoms with Crippen LogP contribution in [0.15, 0.2) is 73.0 Å². The minimum Gasteiger partial charge on any atom is -0.475 e. The number of pyridine rings is 2. The number of ether oxygens (including phenoxy) is 2. The highest BCUT2D eigenvalue weighted by Gasteiger charge is 2.33. The number of aromatic nitrogens is 6. The molecule has 1 amide bonds. The lowest BCUT2D eigenvalue weighted by atomic mass is 9.98. The van der Waals surface area contributed by atoms with Gasteiger partial charge >= 0.3 is 0 Å². The van der Waals surface area contributed by atoms with Gasteiger partial charge < -0.3 is 18.9 Å². The standard InChI is InChI=1S/C34H33N7O3S/c1-6-29(42)40-18-20(2)41-28(21(40)3)17-26(38-41)32-30(23-8-7-12-35-34(23)44-14-13-43-5)33-24(11-15-45-33)31(37-32)22-9-10-27-25(16-22)36-19-39(27)4/h6-12,15-17,19-21H,1,13-14,18H2,2-5H3/t20-,21+/m0/s1. The van der Waals surface area contributed by atoms with Crippen LogP contribution < -0.4 is 4.74 Å². The van der Waals surface area contributed by atoms with Crippen molar-refractivity contribution in [1.29, 1.82) is 0 Å². The van der Waals surface area contributed by atoms with Crippen LogP contribution in [-0.4, -0.2) is 67.0 Å². The molecule has 0 saturated heterocycles. The summed E-state index contributed by atoms with van der Waals surface area (Å²) in [5, 5.41) is 8.25. The van der Waals surface area contributed by atoms with E-state index in [-0.39, 0.29) is 18.0 Å². The van der Waals surface area contributed by atoms with Crippen LogP contribution in [0.25, 0.3) is 54.9 Å². The van der Waals surface area contributed by atoms with Crippen LogP contribution in [0, 0.1) is 0 Å². The predicted octanol–water partition coefficient (Wildman–Crippen LogP) is 6.45. The lowest BCUT2D eigenvalue weighted by molar-refractivity contribution is -0.129. The molecule has 0 radical (unpaired) electrons. The Balaban J connectivity index is 1.48. The number of rotatable bonds is 8. The molecule has 11 heteroatoms. The van der Waals surface area contributed by atoms with Gasteiger partial charge in [-0.3, -0.25) is 9.48 Å². The summed E-state index contributed by atoms with van der Waals surface area (Å²) in [5.74, 6) is 0.408. The van der Waals surface area contributed by atoms with E-state index in [4.69, 9.17) is 19.6 Å². The van der Waals surface area contributed by atoms with Gasteiger partial charge in [0.2, 0.25) is 11.8 Å². The highest BCUT2D eigenvalue weighted by atomic mass is 32.1. The zero-order valence-electron chi connectivity index (χ0n) is 25.6. The van der Waals surface area contributed by atoms with Crippen molar-refractivity contribution in [3.63, 3.8) is 0 Å². The molecule has 6 heterocycles. The third-order valence-electron chi connectivity index (χ3n) is 8.41. The van der Waals surface area contributed by atoms with Crippen LogP contribution in [0.2, 0.25) is 0 Å². The fraction of sp³-hybridized carbons (Fsp3) is 0.265. The van der Waals surface area contributed by atoms with Crippen LogP contribution in [0.4, 0.5) is 0 Å². The number of carbonyl (C=O) groups excluding carboxylic acids is 1. The minimum atomic E-state index is -0.181. The molecule has 228 valence electrons. The molecular formula is C34H33N7O3S. The second kappa shape index (κ2) is 11.6. The van der Waals surface area contributed by atoms with Crippen molar-refractivity contribution >= 4 is 38.4 Å². The Labute approximate surface area is 264 Å². The van der Waals surface area contributed by atoms with E-state index in [0.717, 1.165) is 49.2 Å². The number of nitrogens with zero attached hydrogens (tertiary/aromatic N) is 7. The number of benzene rings is 1. The molecule has 2 atom stereocenters. The maximum atomic E-state index is 12.7. The fourth-order valence-electron chi connectivity index (χ4n) is 6.15. The maximum Gasteiger partial charge on any atom is 0.246 e. The van der Waals surface area contributed by atoms with Gasteiger partial charge in [0, 0.05) is 53.7 Å². The summed E-state index contributed by atoms with van der Waals surface area (Å²) in [5.41, 5.74) is 7.86. The van der Waals surface area contributed by atoms with Crippen LogP contribution in [-0.2, 0) is 16.6 Å². The van der Waals surface area contributed by atoms with E-state index < -0.39 is 0 Å². The monoisotopic (exact) mass is 619 g/mol. The molecule has 7 rings (SSSR count). The molecule has 0 fully saturated rings. The maximum absolute atomic E-state index is 12.7. The van der Waals surface area contributed by atoms with Crippen LogP contribution >= 0.6 is 11.3 Å². The van der Waals surface area contributed by atoms with Crippen LogP contribution in [0.1, 0.15) is 31.6 Å². The van der Waals surface area contributed by atoms with Crippen molar-refractivity contribution in [2.75, 3.05) is 26.9 Å². The molecule has 5 aromatic heterocycles. The average Bonchev–Trinajstić information content (AvgIpc) is 3.81. The van der Waals surface area contributed by atoms with Crippen LogP contribution in [0.5, 0.6) is 5.88 Å². The number of fused-ring (bicyclic) bond motifs is 3. The molecule has 6 aromatic rings. The van der Waals surface area contributed by atoms with Crippen molar-refractivity contribution in [1.82, 2.24) is 34.2 Å². The van der Waals surface area contributed by atoms with Gasteiger partial charge in [-0.05, 0) is 61.7 Å². The average molecular weight is 620 g/mol. The Hall–Kier alpha value is -4.87. The molecule has 1 aromatic carbocycles. The Bertz CT molecular complexity index is 2080. The highest BCUT2D eigenvalue weighted by molar-refractivity contribution is 7.18. The predicted molar refractivity (Wildman–Crippen MR) is 176 cm³/mol. The molecule has 0 saturated carbocycles. The highest BCUT2D eigenvalue weighted by Crippen LogP contribution is 2.46. The van der Waals surface area contributed by atoms with Gasteiger partial charge in [0.25, 0.3) is 0 Å². The molecular weight excluding hydrogens is 586 g/mol. The Kier molecular flexibility index (Phi) is 7.42. The van der Waals surface area contributed by atoms with Gasteiger partial charge in [-0.25, -0.2) is 15.0 Å². The second-order valence-electron chi connectivity index (χ2n) is 11.2. The SMILES string of the molecule is C=CC(=O)N1C[C@H](C)n2nc(-c3nc(-c4ccc5c(c4)ncn5C)c4ccsc4c3-c3cccnc3OCCOC)cc2[C@H]1C. The number of methoxy groups -OCH3 is 1. The Morgan fingerprint density at radius 1 is 1.13 bits per heavy atom. The summed E-state index contributed by atoms with van der Waals surface area (Å²) in [6.45, 7) is 9.15. The lowest BCUT2D eigenvalue weighted by Gasteiger charge is -2.36. The van der Waals surface area contributed by atoms with Gasteiger partial charge in [0.1, 0.15) is 18.0 Å². The number of amides is 1. The number of hydrogen-bond donors (Lipinski definition) is 0. The zero-order valence-corrected chi connectivity index (χ0v) is 26.4. The fourth-order valence-corrected chi connectivity index (χ4v) is 7.11. The molecule has 0 aliphatic carbocycles. The van der Waals surface area contributed by atoms with E-state index in [9.17, 15) is 4.79 Å². The van der Waals surface area contributed by atoms with E-state index in [1.807, 2.05) is 46.6 Å². The summed E-state index contributed by atoms with van der Waals surface area (Å²) < 4.78 is 16.5. The number of carbonyl (C=O) groups is 1. The first-order valence-corrected chi connectivity index (χ1v) is 15.7. The quantitative estimate of drug-likeness (QED) is 0.143. The number of thiophene rings is 1. The summed E-state index contributed by atoms with van der Waals surface area (Å²) in [6.07, 6.45) is 4.92. The third kappa shape index (κ3) is 4.88. The van der Waals surface area contributed by atoms with Crippen molar-refractivity contribution in [2.45, 2.75) is 25.9 Å². The smallest absolute Gasteiger partial charge is 0.246 e. The molecule has 0 N–H and O–H groups in total. The summed E-state index contributed by atoms with van der Waals surface area (Å²) >= 11 is 1.65. The van der Waals surface area contributed by atoms with Crippen molar-refractivity contribution < 1.29 is 14.3 Å². The zero-order chi connectivity index (χ0) is 31.2. The molecule has 1 aliphatic rings. The van der Waals surface area contributed by atoms with E-state index in [1.54, 1.807) is 24.6 Å². The Morgan fingerprint density at radius 2 is 2.00 bits per heavy atom. The topological polar surface area (TPSA) is 100 Å². The van der Waals surface area contributed by atoms with E-state index in [1.165, 1.54) is 6.08 Å². The molecule has 0 unspecified atom stereocenters. The van der Waals surface area contributed by atoms with Gasteiger partial charge in [-0.15, -0.1) is 11.3 Å². The van der Waals surface area contributed by atoms with E-state index >= 15 is 0 Å². The number of aryl methyl sites for hydroxylation is 1. The van der Waals surface area contributed by atoms with Gasteiger partial charge in [-0.2, -0.15) is 5.10 Å². The molecule has 10 nitrogen and oxygen atoms in total. The molecule has 45 heavy (non-hydrogen) atoms. The molecule has 1 aliphatic heterocycles. The molecule has 0 spiro atoms. The van der Waals surface area contributed by atoms with Gasteiger partial charge in [0.05, 0.1) is 47.4 Å². The van der Waals surface area contributed by atoms with Crippen LogP contribution in [0.3, 0.4) is 0 Å². The van der Waals surface area contributed by atoms with Crippen molar-refractivity contribution in [3.8, 4) is 39.7 Å². The summed E-state index contributed by atoms with van der Waals surface area (Å²) in [6, 6.07) is 14.1. The first-order valence-electron chi connectivity index (χ1n) is 14.8. The molecule has 0 bridgehead atoms. The van der Waals surface area contributed by atoms with Crippen molar-refractivity contribution in [2.24, 2.45) is 7.05 Å². The third-order valence-corrected chi connectivity index (χ3v) is 9.34. The normalized spacial score (nSPS) is 16.3. The lowest BCUT2D eigenvalue weighted by Crippen LogP contribution is -2.42. The summed E-state index contributed by atoms with van der Waals surface area (Å²) in [4.78, 5) is 29.2. The number of imidazole rings is 1. The largest absolute Gasteiger partial charge is 0.475 e. The minimum absolute atomic E-state index is 0.0277. The van der Waals surface area contributed by atoms with E-state index in [2.05, 4.69) is 59.2 Å². The van der Waals surface area contributed by atoms with Gasteiger partial charge in [-0.1, -0.05) is 12.6 Å². The van der Waals surface area contributed by atoms with E-state index in [0.29, 0.717) is 37.0 Å². The first-order chi connectivity index (χ1) is 21.9.